The average Bonchev–Trinajstić information content (AvgIpc) is 2.89. The van der Waals surface area contributed by atoms with Crippen molar-refractivity contribution in [2.24, 2.45) is 5.73 Å². The fourth-order valence-electron chi connectivity index (χ4n) is 2.64. The van der Waals surface area contributed by atoms with Gasteiger partial charge in [-0.2, -0.15) is 5.26 Å². The van der Waals surface area contributed by atoms with Crippen molar-refractivity contribution in [3.05, 3.63) is 47.2 Å². The van der Waals surface area contributed by atoms with Crippen molar-refractivity contribution in [2.45, 2.75) is 26.8 Å². The molecule has 0 aliphatic heterocycles. The number of benzene rings is 1. The fraction of sp³-hybridized carbons (Fsp3) is 0.333. The molecule has 2 rings (SSSR count). The van der Waals surface area contributed by atoms with Crippen molar-refractivity contribution in [2.75, 3.05) is 13.2 Å². The van der Waals surface area contributed by atoms with Gasteiger partial charge in [0.1, 0.15) is 0 Å². The Morgan fingerprint density at radius 2 is 2.17 bits per heavy atom. The third-order valence-corrected chi connectivity index (χ3v) is 3.79. The molecule has 0 radical (unpaired) electrons. The van der Waals surface area contributed by atoms with Crippen LogP contribution in [-0.4, -0.2) is 23.7 Å². The maximum atomic E-state index is 11.6. The Kier molecular flexibility index (Phi) is 5.56. The maximum Gasteiger partial charge on any atom is 0.250 e. The number of aromatic nitrogens is 1. The molecular weight excluding hydrogens is 290 g/mol. The van der Waals surface area contributed by atoms with E-state index in [4.69, 9.17) is 15.7 Å². The van der Waals surface area contributed by atoms with Gasteiger partial charge in [0.25, 0.3) is 5.91 Å². The highest BCUT2D eigenvalue weighted by molar-refractivity contribution is 5.95. The minimum Gasteiger partial charge on any atom is -0.382 e. The molecule has 2 aromatic rings. The van der Waals surface area contributed by atoms with Crippen molar-refractivity contribution < 1.29 is 9.53 Å². The summed E-state index contributed by atoms with van der Waals surface area (Å²) in [4.78, 5) is 11.6. The summed E-state index contributed by atoms with van der Waals surface area (Å²) in [5.41, 5.74) is 9.21. The summed E-state index contributed by atoms with van der Waals surface area (Å²) in [6, 6.07) is 11.3. The van der Waals surface area contributed by atoms with E-state index in [2.05, 4.69) is 10.6 Å². The third kappa shape index (κ3) is 3.79. The summed E-state index contributed by atoms with van der Waals surface area (Å²) in [7, 11) is 0. The van der Waals surface area contributed by atoms with E-state index in [0.29, 0.717) is 24.3 Å². The molecule has 1 heterocycles. The first-order valence-electron chi connectivity index (χ1n) is 7.66. The number of primary amides is 1. The molecule has 0 unspecified atom stereocenters. The van der Waals surface area contributed by atoms with Crippen molar-refractivity contribution in [3.8, 4) is 17.3 Å². The summed E-state index contributed by atoms with van der Waals surface area (Å²) < 4.78 is 7.45. The zero-order valence-electron chi connectivity index (χ0n) is 13.5. The quantitative estimate of drug-likeness (QED) is 0.798. The zero-order valence-corrected chi connectivity index (χ0v) is 13.5. The van der Waals surface area contributed by atoms with Gasteiger partial charge in [0.15, 0.2) is 0 Å². The van der Waals surface area contributed by atoms with Crippen LogP contribution in [0.25, 0.3) is 11.3 Å². The molecule has 1 amide bonds. The van der Waals surface area contributed by atoms with E-state index in [9.17, 15) is 4.79 Å². The number of carbonyl (C=O) groups is 1. The van der Waals surface area contributed by atoms with Crippen LogP contribution < -0.4 is 5.73 Å². The lowest BCUT2D eigenvalue weighted by Gasteiger charge is -2.12. The summed E-state index contributed by atoms with van der Waals surface area (Å²) in [6.45, 7) is 5.93. The van der Waals surface area contributed by atoms with Crippen LogP contribution in [0, 0.1) is 18.3 Å². The number of hydrogen-bond donors (Lipinski definition) is 1. The van der Waals surface area contributed by atoms with Gasteiger partial charge in [-0.25, -0.2) is 0 Å². The van der Waals surface area contributed by atoms with Crippen LogP contribution in [0.2, 0.25) is 0 Å². The van der Waals surface area contributed by atoms with Gasteiger partial charge >= 0.3 is 0 Å². The van der Waals surface area contributed by atoms with E-state index in [0.717, 1.165) is 29.9 Å². The number of carbonyl (C=O) groups excluding carboxylic acids is 1. The Morgan fingerprint density at radius 1 is 1.39 bits per heavy atom. The van der Waals surface area contributed by atoms with E-state index in [1.165, 1.54) is 0 Å². The second-order valence-corrected chi connectivity index (χ2v) is 5.29. The lowest BCUT2D eigenvalue weighted by molar-refractivity contribution is 0.0999. The molecule has 0 spiro atoms. The molecule has 1 aromatic carbocycles. The minimum atomic E-state index is -0.441. The average molecular weight is 311 g/mol. The number of amides is 1. The second-order valence-electron chi connectivity index (χ2n) is 5.29. The number of ether oxygens (including phenoxy) is 1. The Bertz CT molecular complexity index is 741. The van der Waals surface area contributed by atoms with Crippen molar-refractivity contribution in [3.63, 3.8) is 0 Å². The van der Waals surface area contributed by atoms with Gasteiger partial charge in [-0.05, 0) is 44.0 Å². The molecule has 0 fully saturated rings. The number of hydrogen-bond acceptors (Lipinski definition) is 3. The molecule has 0 bridgehead atoms. The molecule has 5 nitrogen and oxygen atoms in total. The van der Waals surface area contributed by atoms with E-state index < -0.39 is 5.91 Å². The summed E-state index contributed by atoms with van der Waals surface area (Å²) in [6.07, 6.45) is 0.840. The molecule has 0 saturated heterocycles. The van der Waals surface area contributed by atoms with Gasteiger partial charge in [-0.15, -0.1) is 0 Å². The van der Waals surface area contributed by atoms with Gasteiger partial charge in [0.05, 0.1) is 17.2 Å². The molecule has 5 heteroatoms. The predicted molar refractivity (Wildman–Crippen MR) is 88.9 cm³/mol. The lowest BCUT2D eigenvalue weighted by Crippen LogP contribution is -2.13. The highest BCUT2D eigenvalue weighted by atomic mass is 16.5. The van der Waals surface area contributed by atoms with Crippen LogP contribution in [-0.2, 0) is 11.3 Å². The van der Waals surface area contributed by atoms with Crippen molar-refractivity contribution >= 4 is 5.91 Å². The van der Waals surface area contributed by atoms with Crippen molar-refractivity contribution in [1.82, 2.24) is 4.57 Å². The number of nitriles is 1. The second kappa shape index (κ2) is 7.61. The highest BCUT2D eigenvalue weighted by Gasteiger charge is 2.16. The number of nitrogens with zero attached hydrogens (tertiary/aromatic N) is 2. The fourth-order valence-corrected chi connectivity index (χ4v) is 2.64. The lowest BCUT2D eigenvalue weighted by atomic mass is 10.1. The van der Waals surface area contributed by atoms with E-state index in [1.807, 2.05) is 32.0 Å². The minimum absolute atomic E-state index is 0.441. The van der Waals surface area contributed by atoms with E-state index >= 15 is 0 Å². The number of nitrogens with two attached hydrogens (primary N) is 1. The van der Waals surface area contributed by atoms with Crippen LogP contribution in [0.3, 0.4) is 0 Å². The molecule has 0 saturated carbocycles. The topological polar surface area (TPSA) is 81.0 Å². The van der Waals surface area contributed by atoms with Crippen LogP contribution in [0.4, 0.5) is 0 Å². The van der Waals surface area contributed by atoms with Gasteiger partial charge in [-0.3, -0.25) is 4.79 Å². The first-order valence-corrected chi connectivity index (χ1v) is 7.66. The molecule has 1 aromatic heterocycles. The maximum absolute atomic E-state index is 11.6. The smallest absolute Gasteiger partial charge is 0.250 e. The summed E-state index contributed by atoms with van der Waals surface area (Å²) in [5.74, 6) is -0.441. The number of rotatable bonds is 7. The third-order valence-electron chi connectivity index (χ3n) is 3.79. The molecule has 23 heavy (non-hydrogen) atoms. The molecule has 0 aliphatic rings. The molecule has 0 aliphatic carbocycles. The van der Waals surface area contributed by atoms with Crippen molar-refractivity contribution in [1.29, 1.82) is 5.26 Å². The Hall–Kier alpha value is -2.58. The molecule has 120 valence electrons. The van der Waals surface area contributed by atoms with Crippen LogP contribution >= 0.6 is 0 Å². The monoisotopic (exact) mass is 311 g/mol. The molecule has 2 N–H and O–H groups in total. The summed E-state index contributed by atoms with van der Waals surface area (Å²) >= 11 is 0. The Morgan fingerprint density at radius 3 is 2.83 bits per heavy atom. The van der Waals surface area contributed by atoms with E-state index in [1.54, 1.807) is 12.1 Å². The predicted octanol–water partition coefficient (Wildman–Crippen LogP) is 2.86. The van der Waals surface area contributed by atoms with Crippen LogP contribution in [0.15, 0.2) is 30.3 Å². The highest BCUT2D eigenvalue weighted by Crippen LogP contribution is 2.27. The van der Waals surface area contributed by atoms with Gasteiger partial charge in [0, 0.05) is 31.1 Å². The normalized spacial score (nSPS) is 10.5. The Labute approximate surface area is 136 Å². The first kappa shape index (κ1) is 16.8. The SMILES string of the molecule is CCOCCCn1c(-c2cccc(C#N)c2)cc(C(N)=O)c1C. The summed E-state index contributed by atoms with van der Waals surface area (Å²) in [5, 5.41) is 9.08. The Balaban J connectivity index is 2.42. The van der Waals surface area contributed by atoms with Crippen LogP contribution in [0.5, 0.6) is 0 Å². The van der Waals surface area contributed by atoms with Gasteiger partial charge in [0.2, 0.25) is 0 Å². The first-order chi connectivity index (χ1) is 11.1. The van der Waals surface area contributed by atoms with Gasteiger partial charge < -0.3 is 15.0 Å². The zero-order chi connectivity index (χ0) is 16.8. The van der Waals surface area contributed by atoms with Gasteiger partial charge in [-0.1, -0.05) is 12.1 Å². The van der Waals surface area contributed by atoms with E-state index in [-0.39, 0.29) is 0 Å². The van der Waals surface area contributed by atoms with Crippen LogP contribution in [0.1, 0.15) is 35.0 Å². The molecular formula is C18H21N3O2. The molecule has 0 atom stereocenters. The standard InChI is InChI=1S/C18H21N3O2/c1-3-23-9-5-8-21-13(2)16(18(20)22)11-17(21)15-7-4-6-14(10-15)12-19/h4,6-7,10-11H,3,5,8-9H2,1-2H3,(H2,20,22). The largest absolute Gasteiger partial charge is 0.382 e.